The Hall–Kier alpha value is -0.120. The Morgan fingerprint density at radius 3 is 2.35 bits per heavy atom. The summed E-state index contributed by atoms with van der Waals surface area (Å²) in [5, 5.41) is 3.44. The fraction of sp³-hybridized carbons (Fsp3) is 1.00. The summed E-state index contributed by atoms with van der Waals surface area (Å²) in [6.07, 6.45) is 19.5. The van der Waals surface area contributed by atoms with E-state index in [1.54, 1.807) is 12.8 Å². The van der Waals surface area contributed by atoms with Gasteiger partial charge in [0.15, 0.2) is 0 Å². The van der Waals surface area contributed by atoms with E-state index < -0.39 is 0 Å². The van der Waals surface area contributed by atoms with E-state index in [1.165, 1.54) is 110 Å². The van der Waals surface area contributed by atoms with Gasteiger partial charge in [-0.05, 0) is 170 Å². The van der Waals surface area contributed by atoms with Crippen LogP contribution in [-0.2, 0) is 0 Å². The van der Waals surface area contributed by atoms with Crippen LogP contribution in [0.3, 0.4) is 0 Å². The van der Waals surface area contributed by atoms with Crippen molar-refractivity contribution >= 4 is 0 Å². The van der Waals surface area contributed by atoms with Crippen LogP contribution in [0.5, 0.6) is 0 Å². The van der Waals surface area contributed by atoms with E-state index in [1.807, 2.05) is 0 Å². The predicted octanol–water partition coefficient (Wildman–Crippen LogP) is 6.29. The smallest absolute Gasteiger partial charge is 0.00386 e. The molecule has 196 valence electrons. The molecule has 2 unspecified atom stereocenters. The molecule has 0 radical (unpaired) electrons. The Kier molecular flexibility index (Phi) is 8.03. The molecular formula is C31H57N3. The maximum absolute atomic E-state index is 3.44. The van der Waals surface area contributed by atoms with Gasteiger partial charge in [-0.2, -0.15) is 0 Å². The molecule has 2 heterocycles. The van der Waals surface area contributed by atoms with Gasteiger partial charge in [0.05, 0.1) is 0 Å². The number of nitrogens with zero attached hydrogens (tertiary/aromatic N) is 2. The first-order chi connectivity index (χ1) is 16.4. The third-order valence-corrected chi connectivity index (χ3v) is 12.1. The first-order valence-corrected chi connectivity index (χ1v) is 15.5. The zero-order valence-electron chi connectivity index (χ0n) is 23.3. The summed E-state index contributed by atoms with van der Waals surface area (Å²) in [5.74, 6) is 5.85. The second-order valence-electron chi connectivity index (χ2n) is 14.4. The number of hydrogen-bond acceptors (Lipinski definition) is 3. The largest absolute Gasteiger partial charge is 0.319 e. The van der Waals surface area contributed by atoms with Crippen molar-refractivity contribution < 1.29 is 0 Å². The highest BCUT2D eigenvalue weighted by atomic mass is 15.2. The average Bonchev–Trinajstić information content (AvgIpc) is 3.52. The summed E-state index contributed by atoms with van der Waals surface area (Å²) in [4.78, 5) is 5.49. The second kappa shape index (κ2) is 10.7. The fourth-order valence-electron chi connectivity index (χ4n) is 10.0. The van der Waals surface area contributed by atoms with Gasteiger partial charge in [-0.3, -0.25) is 0 Å². The van der Waals surface area contributed by atoms with E-state index in [9.17, 15) is 0 Å². The molecule has 0 bridgehead atoms. The van der Waals surface area contributed by atoms with Crippen LogP contribution in [0, 0.1) is 46.3 Å². The molecule has 5 rings (SSSR count). The van der Waals surface area contributed by atoms with Crippen LogP contribution in [0.25, 0.3) is 0 Å². The topological polar surface area (TPSA) is 18.5 Å². The molecule has 0 aromatic heterocycles. The van der Waals surface area contributed by atoms with E-state index in [-0.39, 0.29) is 0 Å². The van der Waals surface area contributed by atoms with Gasteiger partial charge in [0, 0.05) is 6.54 Å². The van der Waals surface area contributed by atoms with Crippen LogP contribution in [-0.4, -0.2) is 63.2 Å². The zero-order chi connectivity index (χ0) is 23.8. The summed E-state index contributed by atoms with van der Waals surface area (Å²) in [6, 6.07) is 0. The van der Waals surface area contributed by atoms with Gasteiger partial charge < -0.3 is 15.1 Å². The van der Waals surface area contributed by atoms with Crippen molar-refractivity contribution in [3.63, 3.8) is 0 Å². The van der Waals surface area contributed by atoms with Crippen molar-refractivity contribution in [2.75, 3.05) is 53.4 Å². The normalized spacial score (nSPS) is 42.2. The van der Waals surface area contributed by atoms with Gasteiger partial charge >= 0.3 is 0 Å². The molecule has 3 aliphatic carbocycles. The molecule has 5 atom stereocenters. The lowest BCUT2D eigenvalue weighted by Crippen LogP contribution is -2.43. The number of nitrogens with one attached hydrogen (secondary N) is 1. The minimum atomic E-state index is 0.672. The maximum atomic E-state index is 3.44. The monoisotopic (exact) mass is 471 g/mol. The zero-order valence-corrected chi connectivity index (χ0v) is 23.3. The standard InChI is InChI=1S/C31H57N3/c1-24-9-11-30(20-24)12-18-34(23-30)15-10-27-19-29(31(21-27)13-16-33(4)17-14-31)25(2)28-7-5-26(6-8-28)22-32-3/h24-29,32H,5-23H2,1-4H3/t24-,25-,26?,27-,28?,29?,30?/m1/s1. The second-order valence-corrected chi connectivity index (χ2v) is 14.4. The van der Waals surface area contributed by atoms with Crippen LogP contribution in [0.4, 0.5) is 0 Å². The van der Waals surface area contributed by atoms with Gasteiger partial charge in [0.2, 0.25) is 0 Å². The molecule has 5 aliphatic rings. The van der Waals surface area contributed by atoms with Crippen molar-refractivity contribution in [1.29, 1.82) is 0 Å². The van der Waals surface area contributed by atoms with Crippen molar-refractivity contribution in [2.45, 2.75) is 97.3 Å². The van der Waals surface area contributed by atoms with Crippen molar-refractivity contribution in [3.05, 3.63) is 0 Å². The lowest BCUT2D eigenvalue weighted by molar-refractivity contribution is 0.0281. The lowest BCUT2D eigenvalue weighted by atomic mass is 9.62. The van der Waals surface area contributed by atoms with Crippen LogP contribution in [0.15, 0.2) is 0 Å². The van der Waals surface area contributed by atoms with E-state index in [2.05, 4.69) is 43.1 Å². The van der Waals surface area contributed by atoms with Crippen LogP contribution >= 0.6 is 0 Å². The van der Waals surface area contributed by atoms with Crippen molar-refractivity contribution in [3.8, 4) is 0 Å². The summed E-state index contributed by atoms with van der Waals surface area (Å²) < 4.78 is 0. The summed E-state index contributed by atoms with van der Waals surface area (Å²) in [7, 11) is 4.49. The highest BCUT2D eigenvalue weighted by Gasteiger charge is 2.51. The Balaban J connectivity index is 1.18. The molecule has 34 heavy (non-hydrogen) atoms. The van der Waals surface area contributed by atoms with Gasteiger partial charge in [-0.25, -0.2) is 0 Å². The number of rotatable bonds is 7. The highest BCUT2D eigenvalue weighted by molar-refractivity contribution is 5.02. The van der Waals surface area contributed by atoms with E-state index in [0.717, 1.165) is 35.5 Å². The van der Waals surface area contributed by atoms with E-state index in [4.69, 9.17) is 0 Å². The van der Waals surface area contributed by atoms with Crippen molar-refractivity contribution in [1.82, 2.24) is 15.1 Å². The van der Waals surface area contributed by atoms with Gasteiger partial charge in [0.1, 0.15) is 0 Å². The van der Waals surface area contributed by atoms with E-state index >= 15 is 0 Å². The summed E-state index contributed by atoms with van der Waals surface area (Å²) in [5.41, 5.74) is 1.39. The molecular weight excluding hydrogens is 414 g/mol. The minimum absolute atomic E-state index is 0.672. The molecule has 3 saturated carbocycles. The quantitative estimate of drug-likeness (QED) is 0.471. The average molecular weight is 472 g/mol. The molecule has 1 N–H and O–H groups in total. The molecule has 2 aliphatic heterocycles. The molecule has 3 nitrogen and oxygen atoms in total. The van der Waals surface area contributed by atoms with Gasteiger partial charge in [-0.1, -0.05) is 20.3 Å². The molecule has 5 fully saturated rings. The predicted molar refractivity (Wildman–Crippen MR) is 145 cm³/mol. The number of piperidine rings is 1. The van der Waals surface area contributed by atoms with Crippen LogP contribution in [0.2, 0.25) is 0 Å². The SMILES string of the molecule is CNCC1CCC([C@@H](C)C2C[C@@H](CCN3CCC4(CC[C@@H](C)C4)C3)CC23CCN(C)CC3)CC1. The molecule has 0 aromatic carbocycles. The highest BCUT2D eigenvalue weighted by Crippen LogP contribution is 2.58. The lowest BCUT2D eigenvalue weighted by Gasteiger charge is -2.47. The summed E-state index contributed by atoms with van der Waals surface area (Å²) in [6.45, 7) is 13.3. The van der Waals surface area contributed by atoms with Crippen LogP contribution in [0.1, 0.15) is 97.3 Å². The maximum Gasteiger partial charge on any atom is 0.00386 e. The molecule has 0 aromatic rings. The Labute approximate surface area is 212 Å². The van der Waals surface area contributed by atoms with Gasteiger partial charge in [-0.15, -0.1) is 0 Å². The molecule has 3 heteroatoms. The Morgan fingerprint density at radius 2 is 1.68 bits per heavy atom. The molecule has 0 amide bonds. The Morgan fingerprint density at radius 1 is 0.912 bits per heavy atom. The first kappa shape index (κ1) is 25.5. The Bertz CT molecular complexity index is 647. The van der Waals surface area contributed by atoms with Gasteiger partial charge in [0.25, 0.3) is 0 Å². The third-order valence-electron chi connectivity index (χ3n) is 12.1. The van der Waals surface area contributed by atoms with E-state index in [0.29, 0.717) is 10.8 Å². The number of hydrogen-bond donors (Lipinski definition) is 1. The summed E-state index contributed by atoms with van der Waals surface area (Å²) >= 11 is 0. The first-order valence-electron chi connectivity index (χ1n) is 15.5. The molecule has 2 spiro atoms. The minimum Gasteiger partial charge on any atom is -0.319 e. The van der Waals surface area contributed by atoms with Crippen LogP contribution < -0.4 is 5.32 Å². The molecule has 2 saturated heterocycles. The third kappa shape index (κ3) is 5.42. The van der Waals surface area contributed by atoms with Crippen molar-refractivity contribution in [2.24, 2.45) is 46.3 Å². The fourth-order valence-corrected chi connectivity index (χ4v) is 10.0. The number of likely N-dealkylation sites (tertiary alicyclic amines) is 2.